The molecule has 7 heteroatoms. The van der Waals surface area contributed by atoms with Crippen molar-refractivity contribution in [2.45, 2.75) is 6.18 Å². The van der Waals surface area contributed by atoms with Crippen LogP contribution in [0.5, 0.6) is 0 Å². The Labute approximate surface area is 98.3 Å². The SMILES string of the molecule is O=C(NCC(F)(F)F)c1ccc2ncsc2c1. The summed E-state index contributed by atoms with van der Waals surface area (Å²) < 4.78 is 36.5. The Bertz CT molecular complexity index is 550. The van der Waals surface area contributed by atoms with E-state index in [0.717, 1.165) is 10.2 Å². The van der Waals surface area contributed by atoms with Crippen molar-refractivity contribution in [2.75, 3.05) is 6.54 Å². The van der Waals surface area contributed by atoms with Crippen molar-refractivity contribution in [3.8, 4) is 0 Å². The minimum atomic E-state index is -4.40. The molecule has 17 heavy (non-hydrogen) atoms. The number of aromatic nitrogens is 1. The van der Waals surface area contributed by atoms with Gasteiger partial charge in [0, 0.05) is 5.56 Å². The largest absolute Gasteiger partial charge is 0.405 e. The number of rotatable bonds is 2. The first-order chi connectivity index (χ1) is 7.96. The number of carbonyl (C=O) groups is 1. The predicted octanol–water partition coefficient (Wildman–Crippen LogP) is 2.59. The van der Waals surface area contributed by atoms with Gasteiger partial charge in [-0.25, -0.2) is 4.98 Å². The second kappa shape index (κ2) is 4.33. The molecule has 3 nitrogen and oxygen atoms in total. The van der Waals surface area contributed by atoms with E-state index in [1.807, 2.05) is 5.32 Å². The number of nitrogens with zero attached hydrogens (tertiary/aromatic N) is 1. The van der Waals surface area contributed by atoms with E-state index in [2.05, 4.69) is 4.98 Å². The number of carbonyl (C=O) groups excluding carboxylic acids is 1. The number of halogens is 3. The molecule has 0 aliphatic heterocycles. The summed E-state index contributed by atoms with van der Waals surface area (Å²) in [6, 6.07) is 4.58. The van der Waals surface area contributed by atoms with Gasteiger partial charge >= 0.3 is 6.18 Å². The normalized spacial score (nSPS) is 11.7. The summed E-state index contributed by atoms with van der Waals surface area (Å²) in [5.74, 6) is -0.738. The molecule has 1 heterocycles. The Balaban J connectivity index is 2.13. The van der Waals surface area contributed by atoms with Crippen LogP contribution in [0.25, 0.3) is 10.2 Å². The fraction of sp³-hybridized carbons (Fsp3) is 0.200. The van der Waals surface area contributed by atoms with Crippen LogP contribution in [0.4, 0.5) is 13.2 Å². The fourth-order valence-electron chi connectivity index (χ4n) is 1.28. The van der Waals surface area contributed by atoms with Gasteiger partial charge in [-0.3, -0.25) is 4.79 Å². The maximum Gasteiger partial charge on any atom is 0.405 e. The summed E-state index contributed by atoms with van der Waals surface area (Å²) in [5, 5.41) is 1.82. The van der Waals surface area contributed by atoms with E-state index < -0.39 is 18.6 Å². The molecular formula is C10H7F3N2OS. The number of nitrogens with one attached hydrogen (secondary N) is 1. The molecule has 0 saturated heterocycles. The van der Waals surface area contributed by atoms with Crippen molar-refractivity contribution in [1.29, 1.82) is 0 Å². The van der Waals surface area contributed by atoms with Gasteiger partial charge in [0.2, 0.25) is 0 Å². The molecule has 0 aliphatic rings. The van der Waals surface area contributed by atoms with Crippen LogP contribution in [-0.2, 0) is 0 Å². The Morgan fingerprint density at radius 2 is 2.18 bits per heavy atom. The molecule has 2 rings (SSSR count). The standard InChI is InChI=1S/C10H7F3N2OS/c11-10(12,13)4-14-9(16)6-1-2-7-8(3-6)17-5-15-7/h1-3,5H,4H2,(H,14,16). The molecule has 1 aromatic carbocycles. The third kappa shape index (κ3) is 2.94. The highest BCUT2D eigenvalue weighted by Gasteiger charge is 2.27. The highest BCUT2D eigenvalue weighted by atomic mass is 32.1. The van der Waals surface area contributed by atoms with Crippen LogP contribution in [0, 0.1) is 0 Å². The first kappa shape index (κ1) is 11.8. The molecule has 0 spiro atoms. The summed E-state index contributed by atoms with van der Waals surface area (Å²) >= 11 is 1.33. The lowest BCUT2D eigenvalue weighted by Crippen LogP contribution is -2.33. The maximum atomic E-state index is 11.9. The summed E-state index contributed by atoms with van der Waals surface area (Å²) in [6.07, 6.45) is -4.40. The molecule has 1 N–H and O–H groups in total. The minimum absolute atomic E-state index is 0.200. The summed E-state index contributed by atoms with van der Waals surface area (Å²) in [4.78, 5) is 15.4. The van der Waals surface area contributed by atoms with Crippen molar-refractivity contribution in [3.63, 3.8) is 0 Å². The fourth-order valence-corrected chi connectivity index (χ4v) is 2.00. The van der Waals surface area contributed by atoms with Crippen LogP contribution in [0.1, 0.15) is 10.4 Å². The molecule has 0 aliphatic carbocycles. The Kier molecular flexibility index (Phi) is 3.01. The molecule has 0 bridgehead atoms. The van der Waals surface area contributed by atoms with Gasteiger partial charge in [0.15, 0.2) is 0 Å². The van der Waals surface area contributed by atoms with Gasteiger partial charge in [-0.1, -0.05) is 0 Å². The molecule has 0 saturated carbocycles. The van der Waals surface area contributed by atoms with E-state index in [4.69, 9.17) is 0 Å². The zero-order valence-electron chi connectivity index (χ0n) is 8.41. The van der Waals surface area contributed by atoms with Crippen molar-refractivity contribution in [2.24, 2.45) is 0 Å². The molecule has 1 amide bonds. The van der Waals surface area contributed by atoms with E-state index in [0.29, 0.717) is 0 Å². The van der Waals surface area contributed by atoms with Gasteiger partial charge in [0.25, 0.3) is 5.91 Å². The average Bonchev–Trinajstić information content (AvgIpc) is 2.71. The Morgan fingerprint density at radius 3 is 2.88 bits per heavy atom. The third-order valence-electron chi connectivity index (χ3n) is 2.04. The third-order valence-corrected chi connectivity index (χ3v) is 2.83. The second-order valence-electron chi connectivity index (χ2n) is 3.33. The molecule has 0 unspecified atom stereocenters. The van der Waals surface area contributed by atoms with Crippen molar-refractivity contribution in [3.05, 3.63) is 29.3 Å². The topological polar surface area (TPSA) is 42.0 Å². The summed E-state index contributed by atoms with van der Waals surface area (Å²) in [7, 11) is 0. The Hall–Kier alpha value is -1.63. The van der Waals surface area contributed by atoms with Crippen LogP contribution in [0.2, 0.25) is 0 Å². The van der Waals surface area contributed by atoms with Gasteiger partial charge < -0.3 is 5.32 Å². The zero-order chi connectivity index (χ0) is 12.5. The Morgan fingerprint density at radius 1 is 1.41 bits per heavy atom. The van der Waals surface area contributed by atoms with Crippen LogP contribution in [0.15, 0.2) is 23.7 Å². The number of hydrogen-bond acceptors (Lipinski definition) is 3. The molecule has 1 aromatic heterocycles. The van der Waals surface area contributed by atoms with Crippen LogP contribution in [0.3, 0.4) is 0 Å². The lowest BCUT2D eigenvalue weighted by atomic mass is 10.2. The number of benzene rings is 1. The maximum absolute atomic E-state index is 11.9. The molecule has 90 valence electrons. The molecule has 0 atom stereocenters. The van der Waals surface area contributed by atoms with Gasteiger partial charge in [-0.2, -0.15) is 13.2 Å². The number of amides is 1. The number of hydrogen-bond donors (Lipinski definition) is 1. The monoisotopic (exact) mass is 260 g/mol. The molecule has 0 radical (unpaired) electrons. The second-order valence-corrected chi connectivity index (χ2v) is 4.22. The van der Waals surface area contributed by atoms with Crippen molar-refractivity contribution in [1.82, 2.24) is 10.3 Å². The lowest BCUT2D eigenvalue weighted by molar-refractivity contribution is -0.123. The van der Waals surface area contributed by atoms with Gasteiger partial charge in [0.05, 0.1) is 15.7 Å². The minimum Gasteiger partial charge on any atom is -0.343 e. The first-order valence-electron chi connectivity index (χ1n) is 4.64. The van der Waals surface area contributed by atoms with E-state index in [-0.39, 0.29) is 5.56 Å². The highest BCUT2D eigenvalue weighted by molar-refractivity contribution is 7.16. The summed E-state index contributed by atoms with van der Waals surface area (Å²) in [6.45, 7) is -1.33. The zero-order valence-corrected chi connectivity index (χ0v) is 9.23. The van der Waals surface area contributed by atoms with E-state index in [1.54, 1.807) is 11.6 Å². The van der Waals surface area contributed by atoms with E-state index in [1.165, 1.54) is 23.5 Å². The first-order valence-corrected chi connectivity index (χ1v) is 5.52. The smallest absolute Gasteiger partial charge is 0.343 e. The predicted molar refractivity (Wildman–Crippen MR) is 58.0 cm³/mol. The number of fused-ring (bicyclic) bond motifs is 1. The van der Waals surface area contributed by atoms with Crippen LogP contribution < -0.4 is 5.32 Å². The van der Waals surface area contributed by atoms with E-state index >= 15 is 0 Å². The van der Waals surface area contributed by atoms with Gasteiger partial charge in [-0.05, 0) is 18.2 Å². The van der Waals surface area contributed by atoms with E-state index in [9.17, 15) is 18.0 Å². The number of thiazole rings is 1. The van der Waals surface area contributed by atoms with Crippen LogP contribution in [-0.4, -0.2) is 23.6 Å². The highest BCUT2D eigenvalue weighted by Crippen LogP contribution is 2.19. The lowest BCUT2D eigenvalue weighted by Gasteiger charge is -2.08. The summed E-state index contributed by atoms with van der Waals surface area (Å²) in [5.41, 5.74) is 2.54. The molecular weight excluding hydrogens is 253 g/mol. The number of alkyl halides is 3. The van der Waals surface area contributed by atoms with Crippen molar-refractivity contribution >= 4 is 27.5 Å². The van der Waals surface area contributed by atoms with Crippen molar-refractivity contribution < 1.29 is 18.0 Å². The molecule has 0 fully saturated rings. The quantitative estimate of drug-likeness (QED) is 0.901. The average molecular weight is 260 g/mol. The van der Waals surface area contributed by atoms with Gasteiger partial charge in [-0.15, -0.1) is 11.3 Å². The van der Waals surface area contributed by atoms with Gasteiger partial charge in [0.1, 0.15) is 6.54 Å². The molecule has 2 aromatic rings. The van der Waals surface area contributed by atoms with Crippen LogP contribution >= 0.6 is 11.3 Å².